The number of carbonyl (C=O) groups excluding carboxylic acids is 2. The third-order valence-electron chi connectivity index (χ3n) is 6.87. The molecule has 0 saturated carbocycles. The lowest BCUT2D eigenvalue weighted by Gasteiger charge is -2.34. The van der Waals surface area contributed by atoms with Gasteiger partial charge in [0.2, 0.25) is 11.8 Å². The first-order valence-electron chi connectivity index (χ1n) is 13.8. The fourth-order valence-corrected chi connectivity index (χ4v) is 6.54. The molecule has 4 rings (SSSR count). The lowest BCUT2D eigenvalue weighted by Crippen LogP contribution is -2.53. The summed E-state index contributed by atoms with van der Waals surface area (Å²) in [7, 11) is -4.16. The topological polar surface area (TPSA) is 86.8 Å². The summed E-state index contributed by atoms with van der Waals surface area (Å²) < 4.78 is 29.9. The second kappa shape index (κ2) is 14.7. The normalized spacial score (nSPS) is 11.9. The molecule has 0 aromatic heterocycles. The Bertz CT molecular complexity index is 1650. The van der Waals surface area contributed by atoms with Gasteiger partial charge in [0, 0.05) is 29.0 Å². The van der Waals surface area contributed by atoms with Crippen LogP contribution in [0, 0.1) is 6.92 Å². The second-order valence-corrected chi connectivity index (χ2v) is 13.3. The van der Waals surface area contributed by atoms with E-state index in [-0.39, 0.29) is 23.8 Å². The first kappa shape index (κ1) is 32.3. The third kappa shape index (κ3) is 8.46. The van der Waals surface area contributed by atoms with E-state index in [1.54, 1.807) is 54.6 Å². The molecule has 224 valence electrons. The van der Waals surface area contributed by atoms with Gasteiger partial charge in [-0.1, -0.05) is 87.7 Å². The number of nitrogens with zero attached hydrogens (tertiary/aromatic N) is 2. The molecular weight excluding hydrogens is 650 g/mol. The van der Waals surface area contributed by atoms with Crippen molar-refractivity contribution in [1.82, 2.24) is 10.2 Å². The number of likely N-dealkylation sites (N-methyl/N-ethyl adjacent to an activating group) is 1. The summed E-state index contributed by atoms with van der Waals surface area (Å²) in [6.07, 6.45) is 0.238. The number of carbonyl (C=O) groups is 2. The van der Waals surface area contributed by atoms with Crippen molar-refractivity contribution in [2.45, 2.75) is 37.8 Å². The summed E-state index contributed by atoms with van der Waals surface area (Å²) in [5.74, 6) is -0.871. The number of sulfonamides is 1. The fourth-order valence-electron chi connectivity index (χ4n) is 4.65. The van der Waals surface area contributed by atoms with Crippen molar-refractivity contribution >= 4 is 55.1 Å². The number of hydrogen-bond donors (Lipinski definition) is 1. The average Bonchev–Trinajstić information content (AvgIpc) is 2.99. The largest absolute Gasteiger partial charge is 0.355 e. The molecule has 0 fully saturated rings. The molecule has 0 aliphatic heterocycles. The standard InChI is InChI=1S/C33H33BrClN3O4S/c1-3-36-33(40)31(21-25-8-5-4-6-9-25)37(22-26-10-7-11-28(35)20-26)32(39)23-38(29-16-14-27(34)15-17-29)43(41,42)30-18-12-24(2)13-19-30/h4-20,31H,3,21-23H2,1-2H3,(H,36,40)/t31-/m1/s1. The van der Waals surface area contributed by atoms with Crippen LogP contribution < -0.4 is 9.62 Å². The third-order valence-corrected chi connectivity index (χ3v) is 9.42. The number of anilines is 1. The smallest absolute Gasteiger partial charge is 0.264 e. The van der Waals surface area contributed by atoms with Crippen molar-refractivity contribution in [3.63, 3.8) is 0 Å². The summed E-state index contributed by atoms with van der Waals surface area (Å²) in [6.45, 7) is 3.57. The first-order chi connectivity index (χ1) is 20.6. The van der Waals surface area contributed by atoms with Gasteiger partial charge in [-0.05, 0) is 73.5 Å². The average molecular weight is 683 g/mol. The molecule has 0 radical (unpaired) electrons. The van der Waals surface area contributed by atoms with Crippen molar-refractivity contribution in [2.75, 3.05) is 17.4 Å². The van der Waals surface area contributed by atoms with Crippen molar-refractivity contribution in [3.8, 4) is 0 Å². The lowest BCUT2D eigenvalue weighted by atomic mass is 10.0. The van der Waals surface area contributed by atoms with Crippen LogP contribution in [-0.4, -0.2) is 44.3 Å². The zero-order chi connectivity index (χ0) is 31.0. The predicted octanol–water partition coefficient (Wildman–Crippen LogP) is 6.38. The molecule has 7 nitrogen and oxygen atoms in total. The highest BCUT2D eigenvalue weighted by Crippen LogP contribution is 2.27. The predicted molar refractivity (Wildman–Crippen MR) is 174 cm³/mol. The van der Waals surface area contributed by atoms with Gasteiger partial charge in [-0.15, -0.1) is 0 Å². The Morgan fingerprint density at radius 1 is 0.884 bits per heavy atom. The van der Waals surface area contributed by atoms with Gasteiger partial charge in [0.25, 0.3) is 10.0 Å². The highest BCUT2D eigenvalue weighted by atomic mass is 79.9. The second-order valence-electron chi connectivity index (χ2n) is 10.1. The van der Waals surface area contributed by atoms with Crippen LogP contribution in [-0.2, 0) is 32.6 Å². The zero-order valence-corrected chi connectivity index (χ0v) is 27.1. The molecule has 4 aromatic rings. The van der Waals surface area contributed by atoms with Gasteiger partial charge >= 0.3 is 0 Å². The molecule has 4 aromatic carbocycles. The molecule has 1 N–H and O–H groups in total. The molecule has 0 aliphatic carbocycles. The molecule has 43 heavy (non-hydrogen) atoms. The molecule has 0 unspecified atom stereocenters. The summed E-state index contributed by atoms with van der Waals surface area (Å²) in [4.78, 5) is 29.4. The van der Waals surface area contributed by atoms with Crippen LogP contribution in [0.15, 0.2) is 112 Å². The lowest BCUT2D eigenvalue weighted by molar-refractivity contribution is -0.140. The Kier molecular flexibility index (Phi) is 11.0. The molecular formula is C33H33BrClN3O4S. The maximum absolute atomic E-state index is 14.4. The van der Waals surface area contributed by atoms with Crippen LogP contribution in [0.3, 0.4) is 0 Å². The highest BCUT2D eigenvalue weighted by molar-refractivity contribution is 9.10. The van der Waals surface area contributed by atoms with E-state index in [4.69, 9.17) is 11.6 Å². The monoisotopic (exact) mass is 681 g/mol. The van der Waals surface area contributed by atoms with E-state index in [2.05, 4.69) is 21.2 Å². The Balaban J connectivity index is 1.79. The van der Waals surface area contributed by atoms with Crippen molar-refractivity contribution in [1.29, 1.82) is 0 Å². The van der Waals surface area contributed by atoms with Gasteiger partial charge < -0.3 is 10.2 Å². The van der Waals surface area contributed by atoms with Crippen LogP contribution >= 0.6 is 27.5 Å². The van der Waals surface area contributed by atoms with Gasteiger partial charge in [0.05, 0.1) is 10.6 Å². The number of benzene rings is 4. The van der Waals surface area contributed by atoms with Crippen LogP contribution in [0.1, 0.15) is 23.6 Å². The molecule has 0 aliphatic rings. The molecule has 2 amide bonds. The molecule has 10 heteroatoms. The van der Waals surface area contributed by atoms with Crippen LogP contribution in [0.5, 0.6) is 0 Å². The number of rotatable bonds is 12. The van der Waals surface area contributed by atoms with Gasteiger partial charge in [0.1, 0.15) is 12.6 Å². The SMILES string of the molecule is CCNC(=O)[C@@H](Cc1ccccc1)N(Cc1cccc(Cl)c1)C(=O)CN(c1ccc(Br)cc1)S(=O)(=O)c1ccc(C)cc1. The van der Waals surface area contributed by atoms with Gasteiger partial charge in [-0.25, -0.2) is 8.42 Å². The molecule has 0 bridgehead atoms. The number of halogens is 2. The zero-order valence-electron chi connectivity index (χ0n) is 23.9. The Labute approximate surface area is 266 Å². The minimum atomic E-state index is -4.16. The van der Waals surface area contributed by atoms with Gasteiger partial charge in [-0.2, -0.15) is 0 Å². The van der Waals surface area contributed by atoms with E-state index in [0.29, 0.717) is 22.8 Å². The minimum Gasteiger partial charge on any atom is -0.355 e. The minimum absolute atomic E-state index is 0.0484. The Morgan fingerprint density at radius 3 is 2.16 bits per heavy atom. The van der Waals surface area contributed by atoms with Crippen LogP contribution in [0.2, 0.25) is 5.02 Å². The van der Waals surface area contributed by atoms with Gasteiger partial charge in [0.15, 0.2) is 0 Å². The number of hydrogen-bond acceptors (Lipinski definition) is 4. The molecule has 0 spiro atoms. The van der Waals surface area contributed by atoms with E-state index in [9.17, 15) is 18.0 Å². The summed E-state index contributed by atoms with van der Waals surface area (Å²) in [5.41, 5.74) is 2.79. The maximum Gasteiger partial charge on any atom is 0.264 e. The van der Waals surface area contributed by atoms with E-state index >= 15 is 0 Å². The molecule has 0 saturated heterocycles. The fraction of sp³-hybridized carbons (Fsp3) is 0.212. The van der Waals surface area contributed by atoms with E-state index in [1.807, 2.05) is 50.2 Å². The van der Waals surface area contributed by atoms with Crippen molar-refractivity contribution in [3.05, 3.63) is 129 Å². The highest BCUT2D eigenvalue weighted by Gasteiger charge is 2.34. The Hall–Kier alpha value is -3.66. The first-order valence-corrected chi connectivity index (χ1v) is 16.4. The summed E-state index contributed by atoms with van der Waals surface area (Å²) in [5, 5.41) is 3.34. The maximum atomic E-state index is 14.4. The van der Waals surface area contributed by atoms with Crippen LogP contribution in [0.25, 0.3) is 0 Å². The molecule has 0 heterocycles. The van der Waals surface area contributed by atoms with Crippen molar-refractivity contribution in [2.24, 2.45) is 0 Å². The number of aryl methyl sites for hydroxylation is 1. The van der Waals surface area contributed by atoms with E-state index in [1.165, 1.54) is 17.0 Å². The number of amides is 2. The quantitative estimate of drug-likeness (QED) is 0.188. The number of nitrogens with one attached hydrogen (secondary N) is 1. The van der Waals surface area contributed by atoms with E-state index < -0.39 is 28.5 Å². The Morgan fingerprint density at radius 2 is 1.53 bits per heavy atom. The summed E-state index contributed by atoms with van der Waals surface area (Å²) in [6, 6.07) is 28.7. The van der Waals surface area contributed by atoms with Crippen LogP contribution in [0.4, 0.5) is 5.69 Å². The summed E-state index contributed by atoms with van der Waals surface area (Å²) >= 11 is 9.67. The van der Waals surface area contributed by atoms with Gasteiger partial charge in [-0.3, -0.25) is 13.9 Å². The van der Waals surface area contributed by atoms with E-state index in [0.717, 1.165) is 19.9 Å². The molecule has 1 atom stereocenters. The van der Waals surface area contributed by atoms with Crippen molar-refractivity contribution < 1.29 is 18.0 Å².